The number of ether oxygens (including phenoxy) is 1. The summed E-state index contributed by atoms with van der Waals surface area (Å²) in [7, 11) is 0. The maximum atomic E-state index is 12.7. The number of benzene rings is 1. The molecule has 1 N–H and O–H groups in total. The van der Waals surface area contributed by atoms with E-state index >= 15 is 0 Å². The van der Waals surface area contributed by atoms with E-state index in [1.54, 1.807) is 12.1 Å². The number of nitriles is 1. The lowest BCUT2D eigenvalue weighted by atomic mass is 9.75. The summed E-state index contributed by atoms with van der Waals surface area (Å²) in [5, 5.41) is 12.3. The van der Waals surface area contributed by atoms with Crippen molar-refractivity contribution in [2.24, 2.45) is 0 Å². The fourth-order valence-electron chi connectivity index (χ4n) is 2.10. The number of hydrogen-bond donors (Lipinski definition) is 1. The summed E-state index contributed by atoms with van der Waals surface area (Å²) in [5.74, 6) is -0.276. The molecule has 0 unspecified atom stereocenters. The molecule has 0 bridgehead atoms. The molecule has 1 aliphatic carbocycles. The summed E-state index contributed by atoms with van der Waals surface area (Å²) >= 11 is 0. The van der Waals surface area contributed by atoms with Gasteiger partial charge in [0.2, 0.25) is 0 Å². The number of nitrogens with one attached hydrogen (secondary N) is 1. The van der Waals surface area contributed by atoms with Crippen molar-refractivity contribution in [3.05, 3.63) is 30.1 Å². The first-order valence-corrected chi connectivity index (χ1v) is 5.74. The van der Waals surface area contributed by atoms with E-state index in [4.69, 9.17) is 4.74 Å². The standard InChI is InChI=1S/C13H15FN2O/c1-2-17-12-7-13(8-12,9-15)16-11-5-3-10(14)4-6-11/h3-6,12,16H,2,7-8H2,1H3. The van der Waals surface area contributed by atoms with Crippen molar-refractivity contribution < 1.29 is 9.13 Å². The van der Waals surface area contributed by atoms with Gasteiger partial charge in [-0.25, -0.2) is 4.39 Å². The van der Waals surface area contributed by atoms with Crippen molar-refractivity contribution in [1.29, 1.82) is 5.26 Å². The monoisotopic (exact) mass is 234 g/mol. The van der Waals surface area contributed by atoms with Gasteiger partial charge in [-0.2, -0.15) is 5.26 Å². The highest BCUT2D eigenvalue weighted by molar-refractivity contribution is 5.49. The number of hydrogen-bond acceptors (Lipinski definition) is 3. The molecule has 2 rings (SSSR count). The van der Waals surface area contributed by atoms with Crippen molar-refractivity contribution in [3.8, 4) is 6.07 Å². The molecule has 90 valence electrons. The second-order valence-electron chi connectivity index (χ2n) is 4.31. The second-order valence-corrected chi connectivity index (χ2v) is 4.31. The van der Waals surface area contributed by atoms with Gasteiger partial charge < -0.3 is 10.1 Å². The average molecular weight is 234 g/mol. The van der Waals surface area contributed by atoms with Crippen LogP contribution in [-0.4, -0.2) is 18.2 Å². The molecule has 4 heteroatoms. The third-order valence-corrected chi connectivity index (χ3v) is 3.00. The lowest BCUT2D eigenvalue weighted by molar-refractivity contribution is -0.0141. The molecule has 0 aromatic heterocycles. The molecule has 1 aromatic rings. The molecule has 0 saturated heterocycles. The van der Waals surface area contributed by atoms with E-state index in [1.165, 1.54) is 12.1 Å². The third-order valence-electron chi connectivity index (χ3n) is 3.00. The van der Waals surface area contributed by atoms with Crippen molar-refractivity contribution in [2.75, 3.05) is 11.9 Å². The predicted molar refractivity (Wildman–Crippen MR) is 63.0 cm³/mol. The zero-order chi connectivity index (χ0) is 12.3. The van der Waals surface area contributed by atoms with E-state index in [0.717, 1.165) is 5.69 Å². The van der Waals surface area contributed by atoms with Crippen molar-refractivity contribution >= 4 is 5.69 Å². The number of nitrogens with zero attached hydrogens (tertiary/aromatic N) is 1. The van der Waals surface area contributed by atoms with Crippen LogP contribution in [0.3, 0.4) is 0 Å². The Kier molecular flexibility index (Phi) is 3.30. The highest BCUT2D eigenvalue weighted by Crippen LogP contribution is 2.37. The quantitative estimate of drug-likeness (QED) is 0.871. The van der Waals surface area contributed by atoms with Crippen LogP contribution in [0.25, 0.3) is 0 Å². The molecule has 0 heterocycles. The molecule has 3 nitrogen and oxygen atoms in total. The number of rotatable bonds is 4. The molecule has 0 aliphatic heterocycles. The molecule has 1 aliphatic rings. The van der Waals surface area contributed by atoms with Gasteiger partial charge in [0.15, 0.2) is 0 Å². The van der Waals surface area contributed by atoms with Gasteiger partial charge in [0, 0.05) is 25.1 Å². The largest absolute Gasteiger partial charge is 0.378 e. The minimum absolute atomic E-state index is 0.160. The zero-order valence-corrected chi connectivity index (χ0v) is 9.74. The minimum Gasteiger partial charge on any atom is -0.378 e. The van der Waals surface area contributed by atoms with Crippen molar-refractivity contribution in [1.82, 2.24) is 0 Å². The third kappa shape index (κ3) is 2.56. The van der Waals surface area contributed by atoms with Crippen molar-refractivity contribution in [2.45, 2.75) is 31.4 Å². The first-order chi connectivity index (χ1) is 8.17. The summed E-state index contributed by atoms with van der Waals surface area (Å²) in [6.45, 7) is 2.61. The lowest BCUT2D eigenvalue weighted by Crippen LogP contribution is -2.53. The summed E-state index contributed by atoms with van der Waals surface area (Å²) in [6, 6.07) is 8.33. The van der Waals surface area contributed by atoms with Gasteiger partial charge in [-0.05, 0) is 31.2 Å². The van der Waals surface area contributed by atoms with E-state index in [2.05, 4.69) is 11.4 Å². The smallest absolute Gasteiger partial charge is 0.130 e. The highest BCUT2D eigenvalue weighted by Gasteiger charge is 2.45. The van der Waals surface area contributed by atoms with Gasteiger partial charge in [0.1, 0.15) is 11.4 Å². The van der Waals surface area contributed by atoms with Gasteiger partial charge in [0.25, 0.3) is 0 Å². The maximum Gasteiger partial charge on any atom is 0.130 e. The van der Waals surface area contributed by atoms with E-state index < -0.39 is 5.54 Å². The van der Waals surface area contributed by atoms with E-state index in [-0.39, 0.29) is 11.9 Å². The van der Waals surface area contributed by atoms with Gasteiger partial charge in [-0.1, -0.05) is 0 Å². The van der Waals surface area contributed by atoms with E-state index in [1.807, 2.05) is 6.92 Å². The Morgan fingerprint density at radius 3 is 2.65 bits per heavy atom. The van der Waals surface area contributed by atoms with Crippen LogP contribution in [0, 0.1) is 17.1 Å². The first kappa shape index (κ1) is 11.9. The van der Waals surface area contributed by atoms with Crippen LogP contribution >= 0.6 is 0 Å². The molecule has 0 atom stereocenters. The summed E-state index contributed by atoms with van der Waals surface area (Å²) < 4.78 is 18.2. The van der Waals surface area contributed by atoms with Crippen LogP contribution < -0.4 is 5.32 Å². The molecular formula is C13H15FN2O. The Bertz CT molecular complexity index is 418. The fraction of sp³-hybridized carbons (Fsp3) is 0.462. The molecule has 0 spiro atoms. The van der Waals surface area contributed by atoms with Gasteiger partial charge in [-0.15, -0.1) is 0 Å². The zero-order valence-electron chi connectivity index (χ0n) is 9.74. The Morgan fingerprint density at radius 2 is 2.12 bits per heavy atom. The van der Waals surface area contributed by atoms with Crippen molar-refractivity contribution in [3.63, 3.8) is 0 Å². The second kappa shape index (κ2) is 4.72. The molecule has 17 heavy (non-hydrogen) atoms. The van der Waals surface area contributed by atoms with Crippen LogP contribution in [0.5, 0.6) is 0 Å². The fourth-order valence-corrected chi connectivity index (χ4v) is 2.10. The lowest BCUT2D eigenvalue weighted by Gasteiger charge is -2.43. The maximum absolute atomic E-state index is 12.7. The SMILES string of the molecule is CCOC1CC(C#N)(Nc2ccc(F)cc2)C1. The normalized spacial score (nSPS) is 27.0. The molecular weight excluding hydrogens is 219 g/mol. The molecule has 1 fully saturated rings. The highest BCUT2D eigenvalue weighted by atomic mass is 19.1. The summed E-state index contributed by atoms with van der Waals surface area (Å²) in [5.41, 5.74) is 0.209. The van der Waals surface area contributed by atoms with Gasteiger partial charge in [-0.3, -0.25) is 0 Å². The Hall–Kier alpha value is -1.60. The molecule has 1 saturated carbocycles. The van der Waals surface area contributed by atoms with E-state index in [0.29, 0.717) is 19.4 Å². The summed E-state index contributed by atoms with van der Waals surface area (Å²) in [6.07, 6.45) is 1.51. The van der Waals surface area contributed by atoms with E-state index in [9.17, 15) is 9.65 Å². The van der Waals surface area contributed by atoms with Crippen LogP contribution in [0.2, 0.25) is 0 Å². The van der Waals surface area contributed by atoms with Crippen LogP contribution in [0.4, 0.5) is 10.1 Å². The van der Waals surface area contributed by atoms with Crippen LogP contribution in [-0.2, 0) is 4.74 Å². The summed E-state index contributed by atoms with van der Waals surface area (Å²) in [4.78, 5) is 0. The average Bonchev–Trinajstić information content (AvgIpc) is 2.29. The van der Waals surface area contributed by atoms with Crippen LogP contribution in [0.1, 0.15) is 19.8 Å². The predicted octanol–water partition coefficient (Wildman–Crippen LogP) is 2.70. The Morgan fingerprint density at radius 1 is 1.47 bits per heavy atom. The topological polar surface area (TPSA) is 45.0 Å². The molecule has 0 radical (unpaired) electrons. The first-order valence-electron chi connectivity index (χ1n) is 5.74. The van der Waals surface area contributed by atoms with Gasteiger partial charge >= 0.3 is 0 Å². The Labute approximate surface area is 100 Å². The molecule has 0 amide bonds. The number of anilines is 1. The van der Waals surface area contributed by atoms with Gasteiger partial charge in [0.05, 0.1) is 12.2 Å². The number of halogens is 1. The molecule has 1 aromatic carbocycles. The van der Waals surface area contributed by atoms with Crippen LogP contribution in [0.15, 0.2) is 24.3 Å². The Balaban J connectivity index is 1.98. The minimum atomic E-state index is -0.558.